The molecule has 0 spiro atoms. The van der Waals surface area contributed by atoms with Gasteiger partial charge < -0.3 is 23.9 Å². The Morgan fingerprint density at radius 1 is 1.25 bits per heavy atom. The molecule has 116 valence electrons. The van der Waals surface area contributed by atoms with Gasteiger partial charge in [0, 0.05) is 26.9 Å². The highest BCUT2D eigenvalue weighted by atomic mass is 16.6. The van der Waals surface area contributed by atoms with Crippen LogP contribution in [0.5, 0.6) is 6.08 Å². The van der Waals surface area contributed by atoms with Gasteiger partial charge in [0.2, 0.25) is 0 Å². The largest absolute Gasteiger partial charge is 0.448 e. The van der Waals surface area contributed by atoms with Crippen LogP contribution in [0.1, 0.15) is 26.0 Å². The zero-order valence-electron chi connectivity index (χ0n) is 12.7. The fourth-order valence-corrected chi connectivity index (χ4v) is 1.52. The lowest BCUT2D eigenvalue weighted by molar-refractivity contribution is 0.0724. The van der Waals surface area contributed by atoms with Gasteiger partial charge >= 0.3 is 6.08 Å². The summed E-state index contributed by atoms with van der Waals surface area (Å²) in [6.07, 6.45) is 2.80. The van der Waals surface area contributed by atoms with E-state index in [-0.39, 0.29) is 0 Å². The summed E-state index contributed by atoms with van der Waals surface area (Å²) in [5.41, 5.74) is 0.849. The normalized spacial score (nSPS) is 11.2. The Hall–Kier alpha value is -1.11. The number of rotatable bonds is 12. The molecule has 1 aromatic heterocycles. The van der Waals surface area contributed by atoms with Gasteiger partial charge in [-0.3, -0.25) is 0 Å². The van der Waals surface area contributed by atoms with E-state index in [0.29, 0.717) is 45.0 Å². The Morgan fingerprint density at radius 2 is 2.10 bits per heavy atom. The molecule has 0 bridgehead atoms. The minimum absolute atomic E-state index is 0.298. The quantitative estimate of drug-likeness (QED) is 0.592. The lowest BCUT2D eigenvalue weighted by atomic mass is 10.2. The number of hydrogen-bond donors (Lipinski definition) is 1. The van der Waals surface area contributed by atoms with Crippen molar-refractivity contribution in [1.29, 1.82) is 0 Å². The molecule has 1 heterocycles. The molecule has 0 aliphatic rings. The van der Waals surface area contributed by atoms with E-state index in [0.717, 1.165) is 18.7 Å². The van der Waals surface area contributed by atoms with Crippen molar-refractivity contribution in [3.63, 3.8) is 0 Å². The standard InChI is InChI=1S/C14H26N2O4/c1-12(2)9-15-10-13-11-20-14(16-13)19-8-7-18-6-4-5-17-3/h11-12,15H,4-10H2,1-3H3. The number of nitrogens with one attached hydrogen (secondary N) is 1. The minimum atomic E-state index is 0.298. The van der Waals surface area contributed by atoms with Crippen LogP contribution in [0.3, 0.4) is 0 Å². The third-order valence-corrected chi connectivity index (χ3v) is 2.48. The van der Waals surface area contributed by atoms with Crippen LogP contribution in [0.25, 0.3) is 0 Å². The second kappa shape index (κ2) is 10.7. The number of oxazole rings is 1. The number of aromatic nitrogens is 1. The van der Waals surface area contributed by atoms with Gasteiger partial charge in [-0.1, -0.05) is 13.8 Å². The average Bonchev–Trinajstić information content (AvgIpc) is 2.85. The molecule has 0 unspecified atom stereocenters. The van der Waals surface area contributed by atoms with E-state index < -0.39 is 0 Å². The van der Waals surface area contributed by atoms with Crippen molar-refractivity contribution < 1.29 is 18.6 Å². The molecule has 0 saturated carbocycles. The maximum atomic E-state index is 5.37. The van der Waals surface area contributed by atoms with Crippen molar-refractivity contribution >= 4 is 0 Å². The number of hydrogen-bond acceptors (Lipinski definition) is 6. The molecule has 0 saturated heterocycles. The van der Waals surface area contributed by atoms with Gasteiger partial charge in [-0.15, -0.1) is 0 Å². The SMILES string of the molecule is COCCCOCCOc1nc(CNCC(C)C)co1. The van der Waals surface area contributed by atoms with Gasteiger partial charge in [-0.05, 0) is 18.9 Å². The zero-order valence-corrected chi connectivity index (χ0v) is 12.7. The Bertz CT molecular complexity index is 342. The van der Waals surface area contributed by atoms with Crippen LogP contribution in [0.2, 0.25) is 0 Å². The Morgan fingerprint density at radius 3 is 2.85 bits per heavy atom. The van der Waals surface area contributed by atoms with Crippen LogP contribution >= 0.6 is 0 Å². The zero-order chi connectivity index (χ0) is 14.6. The number of ether oxygens (including phenoxy) is 3. The summed E-state index contributed by atoms with van der Waals surface area (Å²) >= 11 is 0. The van der Waals surface area contributed by atoms with Crippen LogP contribution < -0.4 is 10.1 Å². The molecule has 1 aromatic rings. The highest BCUT2D eigenvalue weighted by Gasteiger charge is 2.05. The van der Waals surface area contributed by atoms with Gasteiger partial charge in [0.15, 0.2) is 0 Å². The Labute approximate surface area is 120 Å². The van der Waals surface area contributed by atoms with Gasteiger partial charge in [0.05, 0.1) is 12.3 Å². The summed E-state index contributed by atoms with van der Waals surface area (Å²) in [7, 11) is 1.68. The van der Waals surface area contributed by atoms with E-state index in [9.17, 15) is 0 Å². The van der Waals surface area contributed by atoms with Crippen LogP contribution in [0.15, 0.2) is 10.7 Å². The first kappa shape index (κ1) is 16.9. The Balaban J connectivity index is 2.05. The van der Waals surface area contributed by atoms with Gasteiger partial charge in [-0.2, -0.15) is 4.98 Å². The predicted molar refractivity (Wildman–Crippen MR) is 75.9 cm³/mol. The number of methoxy groups -OCH3 is 1. The lowest BCUT2D eigenvalue weighted by Gasteiger charge is -2.04. The van der Waals surface area contributed by atoms with E-state index in [2.05, 4.69) is 24.1 Å². The van der Waals surface area contributed by atoms with E-state index >= 15 is 0 Å². The van der Waals surface area contributed by atoms with Gasteiger partial charge in [-0.25, -0.2) is 0 Å². The van der Waals surface area contributed by atoms with Gasteiger partial charge in [0.25, 0.3) is 0 Å². The van der Waals surface area contributed by atoms with Crippen LogP contribution in [0, 0.1) is 5.92 Å². The Kier molecular flexibility index (Phi) is 9.02. The molecule has 0 aliphatic carbocycles. The molecule has 0 atom stereocenters. The third kappa shape index (κ3) is 8.14. The molecule has 0 aromatic carbocycles. The number of nitrogens with zero attached hydrogens (tertiary/aromatic N) is 1. The smallest absolute Gasteiger partial charge is 0.393 e. The van der Waals surface area contributed by atoms with Crippen molar-refractivity contribution in [2.24, 2.45) is 5.92 Å². The maximum absolute atomic E-state index is 5.37. The maximum Gasteiger partial charge on any atom is 0.393 e. The van der Waals surface area contributed by atoms with Crippen LogP contribution in [-0.2, 0) is 16.0 Å². The van der Waals surface area contributed by atoms with E-state index in [1.165, 1.54) is 0 Å². The van der Waals surface area contributed by atoms with Crippen LogP contribution in [-0.4, -0.2) is 45.1 Å². The lowest BCUT2D eigenvalue weighted by Crippen LogP contribution is -2.19. The van der Waals surface area contributed by atoms with E-state index in [1.54, 1.807) is 13.4 Å². The minimum Gasteiger partial charge on any atom is -0.448 e. The van der Waals surface area contributed by atoms with Crippen molar-refractivity contribution in [1.82, 2.24) is 10.3 Å². The van der Waals surface area contributed by atoms with Crippen LogP contribution in [0.4, 0.5) is 0 Å². The molecular formula is C14H26N2O4. The summed E-state index contributed by atoms with van der Waals surface area (Å²) in [4.78, 5) is 4.23. The molecule has 6 nitrogen and oxygen atoms in total. The first-order chi connectivity index (χ1) is 9.72. The summed E-state index contributed by atoms with van der Waals surface area (Å²) in [6, 6.07) is 0. The van der Waals surface area contributed by atoms with Crippen molar-refractivity contribution in [3.05, 3.63) is 12.0 Å². The van der Waals surface area contributed by atoms with Crippen molar-refractivity contribution in [2.75, 3.05) is 40.1 Å². The summed E-state index contributed by atoms with van der Waals surface area (Å²) in [5, 5.41) is 3.30. The fraction of sp³-hybridized carbons (Fsp3) is 0.786. The highest BCUT2D eigenvalue weighted by molar-refractivity contribution is 4.99. The third-order valence-electron chi connectivity index (χ3n) is 2.48. The second-order valence-electron chi connectivity index (χ2n) is 4.94. The molecular weight excluding hydrogens is 260 g/mol. The summed E-state index contributed by atoms with van der Waals surface area (Å²) in [5.74, 6) is 0.618. The highest BCUT2D eigenvalue weighted by Crippen LogP contribution is 2.09. The molecule has 6 heteroatoms. The summed E-state index contributed by atoms with van der Waals surface area (Å²) < 4.78 is 20.9. The molecule has 0 radical (unpaired) electrons. The van der Waals surface area contributed by atoms with Crippen molar-refractivity contribution in [2.45, 2.75) is 26.8 Å². The molecule has 0 amide bonds. The molecule has 0 aliphatic heterocycles. The summed E-state index contributed by atoms with van der Waals surface area (Å²) in [6.45, 7) is 8.32. The first-order valence-corrected chi connectivity index (χ1v) is 7.07. The first-order valence-electron chi connectivity index (χ1n) is 7.07. The molecule has 20 heavy (non-hydrogen) atoms. The molecule has 1 rings (SSSR count). The monoisotopic (exact) mass is 286 g/mol. The predicted octanol–water partition coefficient (Wildman–Crippen LogP) is 1.85. The average molecular weight is 286 g/mol. The van der Waals surface area contributed by atoms with E-state index in [4.69, 9.17) is 18.6 Å². The topological polar surface area (TPSA) is 65.8 Å². The molecule has 0 fully saturated rings. The molecule has 1 N–H and O–H groups in total. The van der Waals surface area contributed by atoms with E-state index in [1.807, 2.05) is 0 Å². The van der Waals surface area contributed by atoms with Gasteiger partial charge in [0.1, 0.15) is 12.9 Å². The fourth-order valence-electron chi connectivity index (χ4n) is 1.52. The van der Waals surface area contributed by atoms with Crippen molar-refractivity contribution in [3.8, 4) is 6.08 Å². The second-order valence-corrected chi connectivity index (χ2v) is 4.94.